The van der Waals surface area contributed by atoms with Crippen LogP contribution in [0.1, 0.15) is 45.4 Å². The Kier molecular flexibility index (Phi) is 5.44. The zero-order valence-corrected chi connectivity index (χ0v) is 12.2. The maximum absolute atomic E-state index is 12.1. The van der Waals surface area contributed by atoms with Crippen molar-refractivity contribution >= 4 is 29.0 Å². The van der Waals surface area contributed by atoms with Crippen molar-refractivity contribution < 1.29 is 4.79 Å². The van der Waals surface area contributed by atoms with Gasteiger partial charge in [-0.1, -0.05) is 48.8 Å². The lowest BCUT2D eigenvalue weighted by atomic mass is 10.1. The lowest BCUT2D eigenvalue weighted by molar-refractivity contribution is -0.121. The maximum atomic E-state index is 12.1. The second-order valence-electron chi connectivity index (χ2n) is 4.66. The van der Waals surface area contributed by atoms with E-state index in [1.165, 1.54) is 48.8 Å². The number of carbonyl (C=O) groups is 1. The summed E-state index contributed by atoms with van der Waals surface area (Å²) in [5.74, 6) is 0.127. The minimum absolute atomic E-state index is 0.0961. The van der Waals surface area contributed by atoms with Gasteiger partial charge in [0, 0.05) is 6.04 Å². The summed E-state index contributed by atoms with van der Waals surface area (Å²) >= 11 is 2.96. The first-order valence-electron chi connectivity index (χ1n) is 6.49. The van der Waals surface area contributed by atoms with Crippen LogP contribution in [0.4, 0.5) is 0 Å². The van der Waals surface area contributed by atoms with Gasteiger partial charge in [-0.25, -0.2) is 0 Å². The molecule has 18 heavy (non-hydrogen) atoms. The Labute approximate surface area is 116 Å². The highest BCUT2D eigenvalue weighted by Crippen LogP contribution is 2.25. The van der Waals surface area contributed by atoms with Gasteiger partial charge in [-0.3, -0.25) is 4.79 Å². The molecule has 0 saturated heterocycles. The van der Waals surface area contributed by atoms with Gasteiger partial charge < -0.3 is 5.32 Å². The maximum Gasteiger partial charge on any atom is 0.233 e. The molecule has 4 nitrogen and oxygen atoms in total. The molecule has 0 bridgehead atoms. The molecule has 1 atom stereocenters. The summed E-state index contributed by atoms with van der Waals surface area (Å²) in [4.78, 5) is 12.1. The van der Waals surface area contributed by atoms with Gasteiger partial charge in [-0.15, -0.1) is 10.2 Å². The first-order valence-corrected chi connectivity index (χ1v) is 8.25. The smallest absolute Gasteiger partial charge is 0.233 e. The van der Waals surface area contributed by atoms with Crippen LogP contribution in [0, 0.1) is 0 Å². The largest absolute Gasteiger partial charge is 0.352 e. The van der Waals surface area contributed by atoms with Crippen molar-refractivity contribution in [2.24, 2.45) is 0 Å². The number of aromatic nitrogens is 2. The van der Waals surface area contributed by atoms with Crippen LogP contribution in [0.3, 0.4) is 0 Å². The Bertz CT molecular complexity index is 361. The van der Waals surface area contributed by atoms with Crippen molar-refractivity contribution in [1.82, 2.24) is 15.5 Å². The van der Waals surface area contributed by atoms with Crippen molar-refractivity contribution in [3.05, 3.63) is 5.51 Å². The monoisotopic (exact) mass is 285 g/mol. The van der Waals surface area contributed by atoms with E-state index in [1.54, 1.807) is 5.51 Å². The number of hydrogen-bond donors (Lipinski definition) is 1. The van der Waals surface area contributed by atoms with Gasteiger partial charge in [0.2, 0.25) is 5.91 Å². The van der Waals surface area contributed by atoms with E-state index in [9.17, 15) is 4.79 Å². The van der Waals surface area contributed by atoms with Gasteiger partial charge in [0.15, 0.2) is 4.34 Å². The molecule has 6 heteroatoms. The molecule has 100 valence electrons. The van der Waals surface area contributed by atoms with Crippen LogP contribution < -0.4 is 5.32 Å². The average Bonchev–Trinajstić information content (AvgIpc) is 2.72. The van der Waals surface area contributed by atoms with Crippen LogP contribution in [0.25, 0.3) is 0 Å². The number of amides is 1. The fraction of sp³-hybridized carbons (Fsp3) is 0.750. The second-order valence-corrected chi connectivity index (χ2v) is 7.08. The molecule has 1 aliphatic rings. The van der Waals surface area contributed by atoms with Crippen LogP contribution in [-0.2, 0) is 4.79 Å². The number of rotatable bonds is 4. The van der Waals surface area contributed by atoms with Crippen LogP contribution in [0.5, 0.6) is 0 Å². The van der Waals surface area contributed by atoms with Gasteiger partial charge in [0.25, 0.3) is 0 Å². The van der Waals surface area contributed by atoms with E-state index in [0.29, 0.717) is 6.04 Å². The molecule has 0 spiro atoms. The molecule has 0 radical (unpaired) electrons. The van der Waals surface area contributed by atoms with Gasteiger partial charge in [0.1, 0.15) is 5.51 Å². The number of thioether (sulfide) groups is 1. The number of nitrogens with zero attached hydrogens (tertiary/aromatic N) is 2. The summed E-state index contributed by atoms with van der Waals surface area (Å²) in [6.45, 7) is 1.93. The van der Waals surface area contributed by atoms with E-state index in [2.05, 4.69) is 15.5 Å². The van der Waals surface area contributed by atoms with Crippen molar-refractivity contribution in [2.45, 2.75) is 61.1 Å². The quantitative estimate of drug-likeness (QED) is 0.682. The van der Waals surface area contributed by atoms with E-state index in [4.69, 9.17) is 0 Å². The van der Waals surface area contributed by atoms with E-state index in [1.807, 2.05) is 6.92 Å². The molecule has 1 aromatic heterocycles. The Balaban J connectivity index is 1.79. The number of carbonyl (C=O) groups excluding carboxylic acids is 1. The molecule has 0 unspecified atom stereocenters. The van der Waals surface area contributed by atoms with Gasteiger partial charge in [0.05, 0.1) is 5.25 Å². The molecular formula is C12H19N3OS2. The first-order chi connectivity index (χ1) is 8.75. The Morgan fingerprint density at radius 1 is 1.44 bits per heavy atom. The zero-order valence-electron chi connectivity index (χ0n) is 10.6. The molecule has 1 heterocycles. The Hall–Kier alpha value is -0.620. The highest BCUT2D eigenvalue weighted by Gasteiger charge is 2.20. The molecule has 2 rings (SSSR count). The predicted molar refractivity (Wildman–Crippen MR) is 74.9 cm³/mol. The van der Waals surface area contributed by atoms with E-state index < -0.39 is 0 Å². The SMILES string of the molecule is C[C@@H](Sc1nncs1)C(=O)NC1CCCCCC1. The van der Waals surface area contributed by atoms with Gasteiger partial charge >= 0.3 is 0 Å². The highest BCUT2D eigenvalue weighted by molar-refractivity contribution is 8.02. The summed E-state index contributed by atoms with van der Waals surface area (Å²) in [6, 6.07) is 0.373. The first kappa shape index (κ1) is 13.8. The number of nitrogens with one attached hydrogen (secondary N) is 1. The third kappa shape index (κ3) is 4.24. The summed E-state index contributed by atoms with van der Waals surface area (Å²) < 4.78 is 0.860. The topological polar surface area (TPSA) is 54.9 Å². The Morgan fingerprint density at radius 3 is 2.78 bits per heavy atom. The normalized spacial score (nSPS) is 19.2. The van der Waals surface area contributed by atoms with Crippen LogP contribution in [-0.4, -0.2) is 27.4 Å². The third-order valence-corrected chi connectivity index (χ3v) is 5.10. The van der Waals surface area contributed by atoms with E-state index >= 15 is 0 Å². The zero-order chi connectivity index (χ0) is 12.8. The molecule has 1 aromatic rings. The molecule has 0 aliphatic heterocycles. The van der Waals surface area contributed by atoms with Crippen LogP contribution in [0.15, 0.2) is 9.85 Å². The standard InChI is InChI=1S/C12H19N3OS2/c1-9(18-12-15-13-8-17-12)11(16)14-10-6-4-2-3-5-7-10/h8-10H,2-7H2,1H3,(H,14,16)/t9-/m1/s1. The van der Waals surface area contributed by atoms with Gasteiger partial charge in [-0.05, 0) is 19.8 Å². The van der Waals surface area contributed by atoms with Crippen molar-refractivity contribution in [3.63, 3.8) is 0 Å². The highest BCUT2D eigenvalue weighted by atomic mass is 32.2. The average molecular weight is 285 g/mol. The molecule has 1 fully saturated rings. The minimum atomic E-state index is -0.0961. The van der Waals surface area contributed by atoms with Crippen molar-refractivity contribution in [3.8, 4) is 0 Å². The van der Waals surface area contributed by atoms with E-state index in [-0.39, 0.29) is 11.2 Å². The van der Waals surface area contributed by atoms with Crippen molar-refractivity contribution in [1.29, 1.82) is 0 Å². The summed E-state index contributed by atoms with van der Waals surface area (Å²) in [5, 5.41) is 10.8. The number of hydrogen-bond acceptors (Lipinski definition) is 5. The molecule has 1 amide bonds. The van der Waals surface area contributed by atoms with Crippen molar-refractivity contribution in [2.75, 3.05) is 0 Å². The Morgan fingerprint density at radius 2 is 2.17 bits per heavy atom. The second kappa shape index (κ2) is 7.09. The fourth-order valence-corrected chi connectivity index (χ4v) is 3.80. The van der Waals surface area contributed by atoms with E-state index in [0.717, 1.165) is 17.2 Å². The summed E-state index contributed by atoms with van der Waals surface area (Å²) in [6.07, 6.45) is 7.35. The lowest BCUT2D eigenvalue weighted by Crippen LogP contribution is -2.39. The predicted octanol–water partition coefficient (Wildman–Crippen LogP) is 2.86. The molecule has 1 saturated carbocycles. The summed E-state index contributed by atoms with van der Waals surface area (Å²) in [7, 11) is 0. The van der Waals surface area contributed by atoms with Gasteiger partial charge in [-0.2, -0.15) is 0 Å². The van der Waals surface area contributed by atoms with Crippen LogP contribution in [0.2, 0.25) is 0 Å². The molecular weight excluding hydrogens is 266 g/mol. The molecule has 1 aliphatic carbocycles. The molecule has 0 aromatic carbocycles. The fourth-order valence-electron chi connectivity index (χ4n) is 2.16. The molecule has 1 N–H and O–H groups in total. The van der Waals surface area contributed by atoms with Crippen LogP contribution >= 0.6 is 23.1 Å². The minimum Gasteiger partial charge on any atom is -0.352 e. The lowest BCUT2D eigenvalue weighted by Gasteiger charge is -2.18. The summed E-state index contributed by atoms with van der Waals surface area (Å²) in [5.41, 5.74) is 1.69. The third-order valence-electron chi connectivity index (χ3n) is 3.19.